The van der Waals surface area contributed by atoms with Crippen LogP contribution in [-0.2, 0) is 12.0 Å². The van der Waals surface area contributed by atoms with Crippen LogP contribution in [0.2, 0.25) is 0 Å². The molecular formula is C15H27IN4S. The quantitative estimate of drug-likeness (QED) is 0.460. The molecule has 0 saturated carbocycles. The number of guanidine groups is 1. The Hall–Kier alpha value is -0.370. The van der Waals surface area contributed by atoms with Gasteiger partial charge < -0.3 is 10.2 Å². The Balaban J connectivity index is 0.00000220. The average molecular weight is 422 g/mol. The van der Waals surface area contributed by atoms with Crippen molar-refractivity contribution in [1.82, 2.24) is 15.2 Å². The molecule has 2 heterocycles. The number of halogens is 1. The first-order chi connectivity index (χ1) is 9.50. The van der Waals surface area contributed by atoms with E-state index in [-0.39, 0.29) is 29.4 Å². The number of aliphatic imine (C=N–C) groups is 1. The van der Waals surface area contributed by atoms with E-state index in [2.05, 4.69) is 43.3 Å². The van der Waals surface area contributed by atoms with Crippen LogP contribution in [-0.4, -0.2) is 35.5 Å². The van der Waals surface area contributed by atoms with Gasteiger partial charge in [0.25, 0.3) is 0 Å². The number of nitrogens with one attached hydrogen (secondary N) is 1. The average Bonchev–Trinajstić information content (AvgIpc) is 3.04. The second-order valence-corrected chi connectivity index (χ2v) is 7.18. The van der Waals surface area contributed by atoms with E-state index in [0.29, 0.717) is 6.54 Å². The first kappa shape index (κ1) is 18.7. The molecule has 1 fully saturated rings. The van der Waals surface area contributed by atoms with Gasteiger partial charge in [-0.25, -0.2) is 9.98 Å². The number of likely N-dealkylation sites (tertiary alicyclic amines) is 1. The zero-order valence-corrected chi connectivity index (χ0v) is 16.6. The van der Waals surface area contributed by atoms with Gasteiger partial charge in [-0.15, -0.1) is 35.3 Å². The molecule has 1 aliphatic heterocycles. The second kappa shape index (κ2) is 8.31. The van der Waals surface area contributed by atoms with Crippen molar-refractivity contribution >= 4 is 41.3 Å². The number of thiazole rings is 1. The lowest BCUT2D eigenvalue weighted by molar-refractivity contribution is 0.493. The molecular weight excluding hydrogens is 395 g/mol. The summed E-state index contributed by atoms with van der Waals surface area (Å²) in [6.45, 7) is 12.6. The molecule has 0 unspecified atom stereocenters. The highest BCUT2D eigenvalue weighted by molar-refractivity contribution is 14.0. The Morgan fingerprint density at radius 1 is 1.38 bits per heavy atom. The van der Waals surface area contributed by atoms with E-state index in [1.165, 1.54) is 18.5 Å². The Morgan fingerprint density at radius 3 is 2.57 bits per heavy atom. The molecule has 0 radical (unpaired) electrons. The van der Waals surface area contributed by atoms with Crippen LogP contribution >= 0.6 is 35.3 Å². The van der Waals surface area contributed by atoms with Crippen LogP contribution in [0.15, 0.2) is 10.4 Å². The Morgan fingerprint density at radius 2 is 2.05 bits per heavy atom. The van der Waals surface area contributed by atoms with Gasteiger partial charge in [0.1, 0.15) is 5.01 Å². The molecule has 1 N–H and O–H groups in total. The van der Waals surface area contributed by atoms with Crippen LogP contribution in [0.25, 0.3) is 0 Å². The van der Waals surface area contributed by atoms with Gasteiger partial charge in [0.15, 0.2) is 5.96 Å². The molecule has 0 bridgehead atoms. The van der Waals surface area contributed by atoms with E-state index >= 15 is 0 Å². The van der Waals surface area contributed by atoms with Crippen molar-refractivity contribution in [3.8, 4) is 0 Å². The topological polar surface area (TPSA) is 40.5 Å². The van der Waals surface area contributed by atoms with Crippen molar-refractivity contribution in [2.45, 2.75) is 52.5 Å². The molecule has 21 heavy (non-hydrogen) atoms. The zero-order valence-electron chi connectivity index (χ0n) is 13.5. The van der Waals surface area contributed by atoms with E-state index in [0.717, 1.165) is 30.6 Å². The standard InChI is InChI=1S/C15H26N4S.HI/c1-5-16-14(19-8-6-7-9-19)17-10-13-18-12(11-20-13)15(2,3)4;/h11H,5-10H2,1-4H3,(H,16,17);1H. The predicted octanol–water partition coefficient (Wildman–Crippen LogP) is 3.62. The molecule has 0 amide bonds. The summed E-state index contributed by atoms with van der Waals surface area (Å²) in [6.07, 6.45) is 2.55. The molecule has 6 heteroatoms. The van der Waals surface area contributed by atoms with Gasteiger partial charge >= 0.3 is 0 Å². The van der Waals surface area contributed by atoms with E-state index in [4.69, 9.17) is 9.98 Å². The van der Waals surface area contributed by atoms with Gasteiger partial charge in [-0.2, -0.15) is 0 Å². The summed E-state index contributed by atoms with van der Waals surface area (Å²) in [5.41, 5.74) is 1.29. The summed E-state index contributed by atoms with van der Waals surface area (Å²) in [5, 5.41) is 6.65. The maximum atomic E-state index is 4.74. The van der Waals surface area contributed by atoms with Crippen molar-refractivity contribution in [1.29, 1.82) is 0 Å². The third kappa shape index (κ3) is 5.39. The monoisotopic (exact) mass is 422 g/mol. The predicted molar refractivity (Wildman–Crippen MR) is 102 cm³/mol. The SMILES string of the molecule is CCNC(=NCc1nc(C(C)(C)C)cs1)N1CCCC1.I. The molecule has 1 aromatic heterocycles. The molecule has 120 valence electrons. The number of aromatic nitrogens is 1. The normalized spacial score (nSPS) is 16.0. The summed E-state index contributed by atoms with van der Waals surface area (Å²) < 4.78 is 0. The maximum absolute atomic E-state index is 4.74. The Kier molecular flexibility index (Phi) is 7.39. The van der Waals surface area contributed by atoms with Gasteiger partial charge in [-0.3, -0.25) is 0 Å². The van der Waals surface area contributed by atoms with Gasteiger partial charge in [0.2, 0.25) is 0 Å². The third-order valence-corrected chi connectivity index (χ3v) is 4.26. The van der Waals surface area contributed by atoms with Crippen molar-refractivity contribution in [2.75, 3.05) is 19.6 Å². The molecule has 1 aliphatic rings. The molecule has 0 spiro atoms. The van der Waals surface area contributed by atoms with Crippen LogP contribution in [0, 0.1) is 0 Å². The third-order valence-electron chi connectivity index (χ3n) is 3.42. The van der Waals surface area contributed by atoms with Gasteiger partial charge in [-0.1, -0.05) is 20.8 Å². The smallest absolute Gasteiger partial charge is 0.194 e. The number of hydrogen-bond acceptors (Lipinski definition) is 3. The lowest BCUT2D eigenvalue weighted by Crippen LogP contribution is -2.39. The molecule has 1 aromatic rings. The van der Waals surface area contributed by atoms with Crippen molar-refractivity contribution in [2.24, 2.45) is 4.99 Å². The van der Waals surface area contributed by atoms with Gasteiger partial charge in [0.05, 0.1) is 12.2 Å². The van der Waals surface area contributed by atoms with Crippen LogP contribution < -0.4 is 5.32 Å². The summed E-state index contributed by atoms with van der Waals surface area (Å²) in [4.78, 5) is 11.8. The van der Waals surface area contributed by atoms with E-state index < -0.39 is 0 Å². The largest absolute Gasteiger partial charge is 0.357 e. The fraction of sp³-hybridized carbons (Fsp3) is 0.733. The minimum Gasteiger partial charge on any atom is -0.357 e. The minimum absolute atomic E-state index is 0. The number of rotatable bonds is 3. The molecule has 1 saturated heterocycles. The summed E-state index contributed by atoms with van der Waals surface area (Å²) in [7, 11) is 0. The highest BCUT2D eigenvalue weighted by Crippen LogP contribution is 2.24. The van der Waals surface area contributed by atoms with E-state index in [1.807, 2.05) is 0 Å². The molecule has 4 nitrogen and oxygen atoms in total. The fourth-order valence-corrected chi connectivity index (χ4v) is 3.17. The highest BCUT2D eigenvalue weighted by atomic mass is 127. The van der Waals surface area contributed by atoms with E-state index in [1.54, 1.807) is 11.3 Å². The van der Waals surface area contributed by atoms with Crippen molar-refractivity contribution in [3.63, 3.8) is 0 Å². The van der Waals surface area contributed by atoms with Crippen LogP contribution in [0.1, 0.15) is 51.2 Å². The Bertz CT molecular complexity index is 458. The Labute approximate surface area is 149 Å². The first-order valence-corrected chi connectivity index (χ1v) is 8.37. The molecule has 0 atom stereocenters. The summed E-state index contributed by atoms with van der Waals surface area (Å²) in [5.74, 6) is 1.04. The lowest BCUT2D eigenvalue weighted by atomic mass is 9.93. The van der Waals surface area contributed by atoms with Gasteiger partial charge in [0, 0.05) is 30.4 Å². The number of hydrogen-bond donors (Lipinski definition) is 1. The lowest BCUT2D eigenvalue weighted by Gasteiger charge is -2.20. The van der Waals surface area contributed by atoms with Crippen molar-refractivity contribution in [3.05, 3.63) is 16.1 Å². The molecule has 0 aliphatic carbocycles. The van der Waals surface area contributed by atoms with Gasteiger partial charge in [-0.05, 0) is 19.8 Å². The number of nitrogens with zero attached hydrogens (tertiary/aromatic N) is 3. The second-order valence-electron chi connectivity index (χ2n) is 6.24. The van der Waals surface area contributed by atoms with Crippen LogP contribution in [0.5, 0.6) is 0 Å². The molecule has 0 aromatic carbocycles. The fourth-order valence-electron chi connectivity index (χ4n) is 2.23. The zero-order chi connectivity index (χ0) is 14.6. The summed E-state index contributed by atoms with van der Waals surface area (Å²) >= 11 is 1.71. The molecule has 2 rings (SSSR count). The minimum atomic E-state index is 0. The highest BCUT2D eigenvalue weighted by Gasteiger charge is 2.18. The van der Waals surface area contributed by atoms with Crippen LogP contribution in [0.3, 0.4) is 0 Å². The summed E-state index contributed by atoms with van der Waals surface area (Å²) in [6, 6.07) is 0. The maximum Gasteiger partial charge on any atom is 0.194 e. The van der Waals surface area contributed by atoms with Crippen LogP contribution in [0.4, 0.5) is 0 Å². The van der Waals surface area contributed by atoms with E-state index in [9.17, 15) is 0 Å². The van der Waals surface area contributed by atoms with Crippen molar-refractivity contribution < 1.29 is 0 Å². The first-order valence-electron chi connectivity index (χ1n) is 7.49.